The van der Waals surface area contributed by atoms with Gasteiger partial charge in [0.1, 0.15) is 6.54 Å². The van der Waals surface area contributed by atoms with E-state index in [9.17, 15) is 9.59 Å². The molecule has 2 rings (SSSR count). The SMILES string of the molecule is CCOC(=O)CNC(=O)c1ccc2ccccc2c1. The van der Waals surface area contributed by atoms with E-state index in [2.05, 4.69) is 5.32 Å². The molecule has 0 radical (unpaired) electrons. The number of amides is 1. The molecule has 0 saturated carbocycles. The topological polar surface area (TPSA) is 55.4 Å². The van der Waals surface area contributed by atoms with Crippen molar-refractivity contribution in [2.45, 2.75) is 6.92 Å². The molecule has 98 valence electrons. The third-order valence-electron chi connectivity index (χ3n) is 2.71. The minimum absolute atomic E-state index is 0.112. The van der Waals surface area contributed by atoms with E-state index in [1.807, 2.05) is 30.3 Å². The minimum atomic E-state index is -0.434. The van der Waals surface area contributed by atoms with Gasteiger partial charge >= 0.3 is 5.97 Å². The molecule has 0 aliphatic carbocycles. The summed E-state index contributed by atoms with van der Waals surface area (Å²) >= 11 is 0. The van der Waals surface area contributed by atoms with Crippen molar-refractivity contribution in [1.29, 1.82) is 0 Å². The van der Waals surface area contributed by atoms with E-state index >= 15 is 0 Å². The van der Waals surface area contributed by atoms with Crippen LogP contribution in [-0.4, -0.2) is 25.0 Å². The van der Waals surface area contributed by atoms with Crippen LogP contribution in [-0.2, 0) is 9.53 Å². The van der Waals surface area contributed by atoms with Crippen LogP contribution in [0.4, 0.5) is 0 Å². The van der Waals surface area contributed by atoms with Gasteiger partial charge in [-0.1, -0.05) is 30.3 Å². The Hall–Kier alpha value is -2.36. The lowest BCUT2D eigenvalue weighted by Gasteiger charge is -2.06. The average Bonchev–Trinajstić information content (AvgIpc) is 2.44. The van der Waals surface area contributed by atoms with Crippen LogP contribution in [0.3, 0.4) is 0 Å². The first-order valence-corrected chi connectivity index (χ1v) is 6.13. The van der Waals surface area contributed by atoms with Gasteiger partial charge in [-0.05, 0) is 29.8 Å². The van der Waals surface area contributed by atoms with Gasteiger partial charge in [-0.15, -0.1) is 0 Å². The number of fused-ring (bicyclic) bond motifs is 1. The molecule has 0 bridgehead atoms. The van der Waals surface area contributed by atoms with Crippen LogP contribution in [0.1, 0.15) is 17.3 Å². The number of hydrogen-bond acceptors (Lipinski definition) is 3. The molecule has 2 aromatic rings. The Labute approximate surface area is 111 Å². The number of rotatable bonds is 4. The molecule has 2 aromatic carbocycles. The predicted molar refractivity (Wildman–Crippen MR) is 72.9 cm³/mol. The van der Waals surface area contributed by atoms with Crippen LogP contribution >= 0.6 is 0 Å². The van der Waals surface area contributed by atoms with Gasteiger partial charge in [0.05, 0.1) is 6.61 Å². The van der Waals surface area contributed by atoms with Crippen LogP contribution in [0.5, 0.6) is 0 Å². The van der Waals surface area contributed by atoms with Gasteiger partial charge in [0.2, 0.25) is 0 Å². The molecule has 0 atom stereocenters. The largest absolute Gasteiger partial charge is 0.465 e. The Bertz CT molecular complexity index is 607. The van der Waals surface area contributed by atoms with Gasteiger partial charge in [0.15, 0.2) is 0 Å². The lowest BCUT2D eigenvalue weighted by molar-refractivity contribution is -0.141. The summed E-state index contributed by atoms with van der Waals surface area (Å²) in [5, 5.41) is 4.60. The highest BCUT2D eigenvalue weighted by atomic mass is 16.5. The highest BCUT2D eigenvalue weighted by Gasteiger charge is 2.08. The van der Waals surface area contributed by atoms with Crippen molar-refractivity contribution in [1.82, 2.24) is 5.32 Å². The van der Waals surface area contributed by atoms with Gasteiger partial charge in [0, 0.05) is 5.56 Å². The summed E-state index contributed by atoms with van der Waals surface area (Å²) in [6.07, 6.45) is 0. The Morgan fingerprint density at radius 2 is 1.84 bits per heavy atom. The molecule has 0 fully saturated rings. The van der Waals surface area contributed by atoms with Crippen molar-refractivity contribution < 1.29 is 14.3 Å². The van der Waals surface area contributed by atoms with E-state index in [1.54, 1.807) is 19.1 Å². The molecule has 1 amide bonds. The van der Waals surface area contributed by atoms with Gasteiger partial charge < -0.3 is 10.1 Å². The van der Waals surface area contributed by atoms with Crippen molar-refractivity contribution in [2.24, 2.45) is 0 Å². The molecule has 0 saturated heterocycles. The fraction of sp³-hybridized carbons (Fsp3) is 0.200. The summed E-state index contributed by atoms with van der Waals surface area (Å²) in [5.41, 5.74) is 0.531. The standard InChI is InChI=1S/C15H15NO3/c1-2-19-14(17)10-16-15(18)13-8-7-11-5-3-4-6-12(11)9-13/h3-9H,2,10H2,1H3,(H,16,18). The predicted octanol–water partition coefficient (Wildman–Crippen LogP) is 2.13. The smallest absolute Gasteiger partial charge is 0.325 e. The van der Waals surface area contributed by atoms with Crippen LogP contribution in [0, 0.1) is 0 Å². The molecule has 0 aromatic heterocycles. The molecular formula is C15H15NO3. The Morgan fingerprint density at radius 3 is 2.58 bits per heavy atom. The number of carbonyl (C=O) groups excluding carboxylic acids is 2. The molecule has 0 unspecified atom stereocenters. The molecule has 0 aliphatic heterocycles. The van der Waals surface area contributed by atoms with E-state index in [0.29, 0.717) is 12.2 Å². The molecule has 0 heterocycles. The van der Waals surface area contributed by atoms with Crippen LogP contribution in [0.15, 0.2) is 42.5 Å². The molecule has 4 heteroatoms. The zero-order chi connectivity index (χ0) is 13.7. The molecule has 0 spiro atoms. The summed E-state index contributed by atoms with van der Waals surface area (Å²) in [6, 6.07) is 13.2. The second-order valence-electron chi connectivity index (χ2n) is 4.05. The Kier molecular flexibility index (Phi) is 4.13. The summed E-state index contributed by atoms with van der Waals surface area (Å²) in [4.78, 5) is 23.0. The van der Waals surface area contributed by atoms with Gasteiger partial charge in [0.25, 0.3) is 5.91 Å². The highest BCUT2D eigenvalue weighted by molar-refractivity contribution is 5.99. The van der Waals surface area contributed by atoms with Crippen molar-refractivity contribution >= 4 is 22.6 Å². The number of nitrogens with one attached hydrogen (secondary N) is 1. The van der Waals surface area contributed by atoms with Crippen molar-refractivity contribution in [3.8, 4) is 0 Å². The third-order valence-corrected chi connectivity index (χ3v) is 2.71. The summed E-state index contributed by atoms with van der Waals surface area (Å²) in [7, 11) is 0. The molecule has 19 heavy (non-hydrogen) atoms. The lowest BCUT2D eigenvalue weighted by atomic mass is 10.1. The van der Waals surface area contributed by atoms with E-state index in [-0.39, 0.29) is 12.5 Å². The summed E-state index contributed by atoms with van der Waals surface area (Å²) in [5.74, 6) is -0.713. The van der Waals surface area contributed by atoms with E-state index in [0.717, 1.165) is 10.8 Å². The fourth-order valence-corrected chi connectivity index (χ4v) is 1.80. The van der Waals surface area contributed by atoms with Gasteiger partial charge in [-0.3, -0.25) is 9.59 Å². The van der Waals surface area contributed by atoms with Crippen LogP contribution in [0.2, 0.25) is 0 Å². The second kappa shape index (κ2) is 6.00. The van der Waals surface area contributed by atoms with E-state index in [1.165, 1.54) is 0 Å². The maximum atomic E-state index is 11.9. The van der Waals surface area contributed by atoms with Crippen molar-refractivity contribution in [3.05, 3.63) is 48.0 Å². The van der Waals surface area contributed by atoms with Crippen LogP contribution in [0.25, 0.3) is 10.8 Å². The number of benzene rings is 2. The van der Waals surface area contributed by atoms with Gasteiger partial charge in [-0.25, -0.2) is 0 Å². The zero-order valence-electron chi connectivity index (χ0n) is 10.7. The third kappa shape index (κ3) is 3.31. The maximum Gasteiger partial charge on any atom is 0.325 e. The Morgan fingerprint density at radius 1 is 1.11 bits per heavy atom. The monoisotopic (exact) mass is 257 g/mol. The number of carbonyl (C=O) groups is 2. The summed E-state index contributed by atoms with van der Waals surface area (Å²) < 4.78 is 4.74. The number of esters is 1. The van der Waals surface area contributed by atoms with Crippen molar-refractivity contribution in [3.63, 3.8) is 0 Å². The highest BCUT2D eigenvalue weighted by Crippen LogP contribution is 2.15. The van der Waals surface area contributed by atoms with E-state index < -0.39 is 5.97 Å². The molecule has 4 nitrogen and oxygen atoms in total. The lowest BCUT2D eigenvalue weighted by Crippen LogP contribution is -2.30. The maximum absolute atomic E-state index is 11.9. The fourth-order valence-electron chi connectivity index (χ4n) is 1.80. The molecule has 1 N–H and O–H groups in total. The zero-order valence-corrected chi connectivity index (χ0v) is 10.7. The first-order valence-electron chi connectivity index (χ1n) is 6.13. The molecular weight excluding hydrogens is 242 g/mol. The van der Waals surface area contributed by atoms with Gasteiger partial charge in [-0.2, -0.15) is 0 Å². The van der Waals surface area contributed by atoms with Crippen LogP contribution < -0.4 is 5.32 Å². The second-order valence-corrected chi connectivity index (χ2v) is 4.05. The molecule has 0 aliphatic rings. The minimum Gasteiger partial charge on any atom is -0.465 e. The van der Waals surface area contributed by atoms with Crippen molar-refractivity contribution in [2.75, 3.05) is 13.2 Å². The number of ether oxygens (including phenoxy) is 1. The Balaban J connectivity index is 2.07. The first-order chi connectivity index (χ1) is 9.20. The number of hydrogen-bond donors (Lipinski definition) is 1. The first kappa shape index (κ1) is 13.1. The van der Waals surface area contributed by atoms with E-state index in [4.69, 9.17) is 4.74 Å². The summed E-state index contributed by atoms with van der Waals surface area (Å²) in [6.45, 7) is 1.92. The average molecular weight is 257 g/mol. The quantitative estimate of drug-likeness (QED) is 0.854. The normalized spacial score (nSPS) is 10.2.